The zero-order valence-electron chi connectivity index (χ0n) is 16.0. The number of piperidine rings is 1. The lowest BCUT2D eigenvalue weighted by atomic mass is 9.80. The lowest BCUT2D eigenvalue weighted by Crippen LogP contribution is -2.50. The minimum absolute atomic E-state index is 0.0920. The molecule has 0 spiro atoms. The molecule has 1 saturated heterocycles. The van der Waals surface area contributed by atoms with Gasteiger partial charge in [0.2, 0.25) is 0 Å². The van der Waals surface area contributed by atoms with Gasteiger partial charge in [-0.2, -0.15) is 0 Å². The molecule has 2 N–H and O–H groups in total. The Morgan fingerprint density at radius 2 is 1.89 bits per heavy atom. The summed E-state index contributed by atoms with van der Waals surface area (Å²) in [6.07, 6.45) is 3.46. The molecule has 1 unspecified atom stereocenters. The molecule has 2 amide bonds. The number of carbonyl (C=O) groups is 1. The van der Waals surface area contributed by atoms with Crippen molar-refractivity contribution in [3.05, 3.63) is 35.6 Å². The van der Waals surface area contributed by atoms with Crippen molar-refractivity contribution in [3.8, 4) is 0 Å². The molecule has 150 valence electrons. The number of aliphatic hydroxyl groups is 1. The van der Waals surface area contributed by atoms with Gasteiger partial charge in [-0.3, -0.25) is 0 Å². The van der Waals surface area contributed by atoms with Gasteiger partial charge in [0.1, 0.15) is 12.0 Å². The molecule has 1 atom stereocenters. The molecule has 1 aliphatic carbocycles. The minimum atomic E-state index is -1.33. The van der Waals surface area contributed by atoms with E-state index in [1.165, 1.54) is 12.1 Å². The smallest absolute Gasteiger partial charge is 0.317 e. The average molecular weight is 380 g/mol. The van der Waals surface area contributed by atoms with Crippen LogP contribution in [0.25, 0.3) is 0 Å². The molecule has 0 aromatic heterocycles. The van der Waals surface area contributed by atoms with Gasteiger partial charge in [-0.15, -0.1) is 0 Å². The quantitative estimate of drug-likeness (QED) is 0.816. The normalized spacial score (nSPS) is 28.0. The molecule has 1 aliphatic heterocycles. The summed E-state index contributed by atoms with van der Waals surface area (Å²) in [4.78, 5) is 14.2. The summed E-state index contributed by atoms with van der Waals surface area (Å²) in [6, 6.07) is 5.98. The van der Waals surface area contributed by atoms with Crippen LogP contribution in [0.15, 0.2) is 24.3 Å². The first-order valence-electron chi connectivity index (χ1n) is 10.1. The topological polar surface area (TPSA) is 52.6 Å². The Morgan fingerprint density at radius 1 is 1.26 bits per heavy atom. The van der Waals surface area contributed by atoms with Crippen LogP contribution in [0.2, 0.25) is 0 Å². The number of urea groups is 1. The number of benzene rings is 1. The highest BCUT2D eigenvalue weighted by Crippen LogP contribution is 2.35. The molecule has 27 heavy (non-hydrogen) atoms. The highest BCUT2D eigenvalue weighted by Gasteiger charge is 2.34. The predicted octanol–water partition coefficient (Wildman–Crippen LogP) is 4.34. The van der Waals surface area contributed by atoms with E-state index in [0.717, 1.165) is 19.3 Å². The molecular formula is C21H30F2N2O2. The van der Waals surface area contributed by atoms with E-state index in [0.29, 0.717) is 38.8 Å². The first-order valence-corrected chi connectivity index (χ1v) is 10.1. The molecule has 1 saturated carbocycles. The van der Waals surface area contributed by atoms with Crippen molar-refractivity contribution in [1.29, 1.82) is 0 Å². The summed E-state index contributed by atoms with van der Waals surface area (Å²) in [5.74, 6) is -0.769. The molecule has 6 heteroatoms. The molecule has 1 aromatic carbocycles. The molecule has 0 bridgehead atoms. The largest absolute Gasteiger partial charge is 0.390 e. The fourth-order valence-corrected chi connectivity index (χ4v) is 4.27. The molecule has 1 aromatic rings. The van der Waals surface area contributed by atoms with E-state index in [-0.39, 0.29) is 23.6 Å². The van der Waals surface area contributed by atoms with E-state index in [4.69, 9.17) is 0 Å². The highest BCUT2D eigenvalue weighted by molar-refractivity contribution is 5.74. The van der Waals surface area contributed by atoms with Crippen LogP contribution in [-0.4, -0.2) is 40.8 Å². The lowest BCUT2D eigenvalue weighted by molar-refractivity contribution is -0.00637. The van der Waals surface area contributed by atoms with E-state index in [2.05, 4.69) is 5.32 Å². The fourth-order valence-electron chi connectivity index (χ4n) is 4.27. The van der Waals surface area contributed by atoms with Crippen molar-refractivity contribution in [3.63, 3.8) is 0 Å². The molecule has 1 heterocycles. The predicted molar refractivity (Wildman–Crippen MR) is 101 cm³/mol. The highest BCUT2D eigenvalue weighted by atomic mass is 19.1. The third kappa shape index (κ3) is 4.78. The summed E-state index contributed by atoms with van der Waals surface area (Å²) in [6.45, 7) is 2.95. The second-order valence-corrected chi connectivity index (χ2v) is 8.05. The molecule has 2 fully saturated rings. The number of alkyl halides is 1. The van der Waals surface area contributed by atoms with Gasteiger partial charge in [0.05, 0.1) is 5.60 Å². The number of carbonyl (C=O) groups excluding carboxylic acids is 1. The molecule has 0 radical (unpaired) electrons. The van der Waals surface area contributed by atoms with E-state index in [1.807, 2.05) is 6.92 Å². The van der Waals surface area contributed by atoms with Gasteiger partial charge in [0.25, 0.3) is 0 Å². The zero-order chi connectivity index (χ0) is 19.4. The van der Waals surface area contributed by atoms with E-state index in [1.54, 1.807) is 17.0 Å². The number of hydrogen-bond acceptors (Lipinski definition) is 2. The maximum absolute atomic E-state index is 14.7. The number of amides is 2. The number of rotatable bonds is 4. The van der Waals surface area contributed by atoms with Gasteiger partial charge in [-0.1, -0.05) is 25.1 Å². The van der Waals surface area contributed by atoms with Crippen molar-refractivity contribution >= 4 is 6.03 Å². The van der Waals surface area contributed by atoms with Crippen molar-refractivity contribution < 1.29 is 18.7 Å². The van der Waals surface area contributed by atoms with Crippen molar-refractivity contribution in [2.75, 3.05) is 13.1 Å². The average Bonchev–Trinajstić information content (AvgIpc) is 2.70. The lowest BCUT2D eigenvalue weighted by Gasteiger charge is -2.38. The van der Waals surface area contributed by atoms with E-state index >= 15 is 0 Å². The SMILES string of the molecule is CCC1(O)CCC(NC(=O)N2CCC(C(F)c3ccccc3F)CC2)CC1. The van der Waals surface area contributed by atoms with Gasteiger partial charge in [-0.25, -0.2) is 13.6 Å². The third-order valence-electron chi connectivity index (χ3n) is 6.35. The van der Waals surface area contributed by atoms with Crippen LogP contribution in [0.5, 0.6) is 0 Å². The first-order chi connectivity index (χ1) is 12.9. The van der Waals surface area contributed by atoms with Gasteiger partial charge in [0.15, 0.2) is 0 Å². The van der Waals surface area contributed by atoms with Crippen LogP contribution >= 0.6 is 0 Å². The van der Waals surface area contributed by atoms with Crippen molar-refractivity contribution in [2.24, 2.45) is 5.92 Å². The standard InChI is InChI=1S/C21H30F2N2O2/c1-2-21(27)11-7-16(8-12-21)24-20(26)25-13-9-15(10-14-25)19(23)17-5-3-4-6-18(17)22/h3-6,15-16,19,27H,2,7-14H2,1H3,(H,24,26). The van der Waals surface area contributed by atoms with Crippen molar-refractivity contribution in [1.82, 2.24) is 10.2 Å². The van der Waals surface area contributed by atoms with Gasteiger partial charge < -0.3 is 15.3 Å². The second-order valence-electron chi connectivity index (χ2n) is 8.05. The molecule has 2 aliphatic rings. The summed E-state index contributed by atoms with van der Waals surface area (Å²) in [5, 5.41) is 13.3. The molecule has 3 rings (SSSR count). The van der Waals surface area contributed by atoms with Gasteiger partial charge in [-0.05, 0) is 56.9 Å². The fraction of sp³-hybridized carbons (Fsp3) is 0.667. The van der Waals surface area contributed by atoms with Crippen LogP contribution < -0.4 is 5.32 Å². The van der Waals surface area contributed by atoms with Crippen molar-refractivity contribution in [2.45, 2.75) is 69.7 Å². The maximum Gasteiger partial charge on any atom is 0.317 e. The Hall–Kier alpha value is -1.69. The van der Waals surface area contributed by atoms with Crippen LogP contribution in [-0.2, 0) is 0 Å². The van der Waals surface area contributed by atoms with Gasteiger partial charge >= 0.3 is 6.03 Å². The van der Waals surface area contributed by atoms with E-state index < -0.39 is 17.6 Å². The third-order valence-corrected chi connectivity index (χ3v) is 6.35. The summed E-state index contributed by atoms with van der Waals surface area (Å²) >= 11 is 0. The van der Waals surface area contributed by atoms with Crippen LogP contribution in [0.4, 0.5) is 13.6 Å². The molecule has 4 nitrogen and oxygen atoms in total. The summed E-state index contributed by atoms with van der Waals surface area (Å²) < 4.78 is 28.5. The van der Waals surface area contributed by atoms with Crippen LogP contribution in [0.1, 0.15) is 63.6 Å². The second kappa shape index (κ2) is 8.55. The Labute approximate surface area is 159 Å². The number of likely N-dealkylation sites (tertiary alicyclic amines) is 1. The van der Waals surface area contributed by atoms with Crippen LogP contribution in [0.3, 0.4) is 0 Å². The number of hydrogen-bond donors (Lipinski definition) is 2. The summed E-state index contributed by atoms with van der Waals surface area (Å²) in [5.41, 5.74) is -0.464. The molecular weight excluding hydrogens is 350 g/mol. The summed E-state index contributed by atoms with van der Waals surface area (Å²) in [7, 11) is 0. The minimum Gasteiger partial charge on any atom is -0.390 e. The van der Waals surface area contributed by atoms with E-state index in [9.17, 15) is 18.7 Å². The Morgan fingerprint density at radius 3 is 2.48 bits per heavy atom. The number of nitrogens with one attached hydrogen (secondary N) is 1. The van der Waals surface area contributed by atoms with Gasteiger partial charge in [0, 0.05) is 24.7 Å². The number of nitrogens with zero attached hydrogens (tertiary/aromatic N) is 1. The van der Waals surface area contributed by atoms with Crippen LogP contribution in [0, 0.1) is 11.7 Å². The Balaban J connectivity index is 1.46. The zero-order valence-corrected chi connectivity index (χ0v) is 16.0. The Kier molecular flexibility index (Phi) is 6.35. The number of halogens is 2. The first kappa shape index (κ1) is 20.1. The monoisotopic (exact) mass is 380 g/mol. The maximum atomic E-state index is 14.7. The Bertz CT molecular complexity index is 639.